The molecular formula is C22H23ClN4O3. The first kappa shape index (κ1) is 21.4. The summed E-state index contributed by atoms with van der Waals surface area (Å²) in [6.07, 6.45) is 6.83. The molecule has 0 saturated heterocycles. The van der Waals surface area contributed by atoms with E-state index in [9.17, 15) is 9.59 Å². The lowest BCUT2D eigenvalue weighted by molar-refractivity contribution is -0.138. The van der Waals surface area contributed by atoms with Crippen LogP contribution in [0.2, 0.25) is 5.02 Å². The van der Waals surface area contributed by atoms with Crippen molar-refractivity contribution in [1.29, 1.82) is 0 Å². The van der Waals surface area contributed by atoms with E-state index in [1.165, 1.54) is 13.2 Å². The van der Waals surface area contributed by atoms with Gasteiger partial charge in [-0.25, -0.2) is 4.98 Å². The number of hydrogen-bond donors (Lipinski definition) is 1. The minimum absolute atomic E-state index is 0.0430. The highest BCUT2D eigenvalue weighted by Crippen LogP contribution is 2.28. The van der Waals surface area contributed by atoms with Gasteiger partial charge in [-0.1, -0.05) is 23.7 Å². The number of halogens is 1. The second kappa shape index (κ2) is 9.45. The Kier molecular flexibility index (Phi) is 6.74. The lowest BCUT2D eigenvalue weighted by Crippen LogP contribution is -2.24. The molecule has 0 aliphatic carbocycles. The normalized spacial score (nSPS) is 11.1. The fourth-order valence-electron chi connectivity index (χ4n) is 3.10. The van der Waals surface area contributed by atoms with Crippen molar-refractivity contribution in [3.05, 3.63) is 65.0 Å². The molecule has 156 valence electrons. The van der Waals surface area contributed by atoms with Gasteiger partial charge in [0.2, 0.25) is 5.91 Å². The van der Waals surface area contributed by atoms with Crippen molar-refractivity contribution in [3.8, 4) is 0 Å². The van der Waals surface area contributed by atoms with Gasteiger partial charge in [-0.15, -0.1) is 0 Å². The second-order valence-corrected chi connectivity index (χ2v) is 7.24. The van der Waals surface area contributed by atoms with Crippen LogP contribution in [0.3, 0.4) is 0 Å². The monoisotopic (exact) mass is 426 g/mol. The van der Waals surface area contributed by atoms with Gasteiger partial charge in [0.05, 0.1) is 17.6 Å². The molecule has 0 radical (unpaired) electrons. The first-order chi connectivity index (χ1) is 14.4. The number of ether oxygens (including phenoxy) is 1. The SMILES string of the molecule is COC(=O)CNc1ccc(C=CC(=O)N(C)Cc2cn(C)c3c(Cl)cccc23)cn1. The van der Waals surface area contributed by atoms with Gasteiger partial charge in [0, 0.05) is 44.5 Å². The van der Waals surface area contributed by atoms with E-state index in [-0.39, 0.29) is 18.4 Å². The molecule has 3 rings (SSSR count). The molecule has 0 bridgehead atoms. The molecule has 2 heterocycles. The molecule has 0 unspecified atom stereocenters. The highest BCUT2D eigenvalue weighted by atomic mass is 35.5. The van der Waals surface area contributed by atoms with Crippen LogP contribution >= 0.6 is 11.6 Å². The standard InChI is InChI=1S/C22H23ClN4O3/c1-26(13-16-14-27(2)22-17(16)5-4-6-18(22)23)20(28)10-8-15-7-9-19(24-11-15)25-12-21(29)30-3/h4-11,14H,12-13H2,1-3H3,(H,24,25). The number of carbonyl (C=O) groups excluding carboxylic acids is 2. The lowest BCUT2D eigenvalue weighted by atomic mass is 10.1. The number of benzene rings is 1. The summed E-state index contributed by atoms with van der Waals surface area (Å²) >= 11 is 6.30. The topological polar surface area (TPSA) is 76.5 Å². The average Bonchev–Trinajstić information content (AvgIpc) is 3.07. The number of likely N-dealkylation sites (N-methyl/N-ethyl adjacent to an activating group) is 1. The summed E-state index contributed by atoms with van der Waals surface area (Å²) in [4.78, 5) is 29.5. The Morgan fingerprint density at radius 1 is 1.30 bits per heavy atom. The van der Waals surface area contributed by atoms with Crippen LogP contribution in [0.5, 0.6) is 0 Å². The molecule has 0 atom stereocenters. The smallest absolute Gasteiger partial charge is 0.325 e. The molecule has 1 amide bonds. The van der Waals surface area contributed by atoms with E-state index in [1.54, 1.807) is 30.3 Å². The molecular weight excluding hydrogens is 404 g/mol. The van der Waals surface area contributed by atoms with Crippen molar-refractivity contribution < 1.29 is 14.3 Å². The van der Waals surface area contributed by atoms with Gasteiger partial charge in [-0.3, -0.25) is 9.59 Å². The Morgan fingerprint density at radius 3 is 2.80 bits per heavy atom. The molecule has 0 spiro atoms. The van der Waals surface area contributed by atoms with E-state index in [0.717, 1.165) is 22.0 Å². The van der Waals surface area contributed by atoms with Crippen LogP contribution in [-0.2, 0) is 27.9 Å². The quantitative estimate of drug-likeness (QED) is 0.462. The van der Waals surface area contributed by atoms with Crippen LogP contribution in [0, 0.1) is 0 Å². The van der Waals surface area contributed by atoms with Crippen LogP contribution in [-0.4, -0.2) is 47.0 Å². The molecule has 3 aromatic rings. The third-order valence-electron chi connectivity index (χ3n) is 4.66. The Bertz CT molecular complexity index is 1090. The minimum Gasteiger partial charge on any atom is -0.468 e. The number of fused-ring (bicyclic) bond motifs is 1. The molecule has 2 aromatic heterocycles. The molecule has 1 aromatic carbocycles. The summed E-state index contributed by atoms with van der Waals surface area (Å²) in [7, 11) is 5.03. The number of para-hydroxylation sites is 1. The van der Waals surface area contributed by atoms with E-state index in [2.05, 4.69) is 15.0 Å². The minimum atomic E-state index is -0.372. The number of nitrogens with one attached hydrogen (secondary N) is 1. The fraction of sp³-hybridized carbons (Fsp3) is 0.227. The summed E-state index contributed by atoms with van der Waals surface area (Å²) in [5, 5.41) is 4.58. The average molecular weight is 427 g/mol. The van der Waals surface area contributed by atoms with E-state index >= 15 is 0 Å². The number of esters is 1. The summed E-state index contributed by atoms with van der Waals surface area (Å²) in [5.74, 6) is 0.0559. The Morgan fingerprint density at radius 2 is 2.10 bits per heavy atom. The lowest BCUT2D eigenvalue weighted by Gasteiger charge is -2.14. The van der Waals surface area contributed by atoms with E-state index in [0.29, 0.717) is 17.4 Å². The molecule has 0 aliphatic rings. The predicted octanol–water partition coefficient (Wildman–Crippen LogP) is 3.48. The largest absolute Gasteiger partial charge is 0.468 e. The van der Waals surface area contributed by atoms with Gasteiger partial charge in [0.1, 0.15) is 12.4 Å². The number of aryl methyl sites for hydroxylation is 1. The zero-order valence-electron chi connectivity index (χ0n) is 17.1. The summed E-state index contributed by atoms with van der Waals surface area (Å²) < 4.78 is 6.54. The van der Waals surface area contributed by atoms with Gasteiger partial charge >= 0.3 is 5.97 Å². The maximum Gasteiger partial charge on any atom is 0.325 e. The molecule has 8 heteroatoms. The molecule has 1 N–H and O–H groups in total. The van der Waals surface area contributed by atoms with Crippen LogP contribution in [0.25, 0.3) is 17.0 Å². The van der Waals surface area contributed by atoms with Gasteiger partial charge < -0.3 is 19.5 Å². The summed E-state index contributed by atoms with van der Waals surface area (Å²) in [6.45, 7) is 0.511. The highest BCUT2D eigenvalue weighted by molar-refractivity contribution is 6.35. The Labute approximate surface area is 179 Å². The molecule has 0 saturated carbocycles. The predicted molar refractivity (Wildman–Crippen MR) is 118 cm³/mol. The molecule has 0 aliphatic heterocycles. The number of methoxy groups -OCH3 is 1. The third kappa shape index (κ3) is 4.99. The molecule has 0 fully saturated rings. The molecule has 7 nitrogen and oxygen atoms in total. The van der Waals surface area contributed by atoms with Crippen molar-refractivity contribution in [2.45, 2.75) is 6.54 Å². The maximum atomic E-state index is 12.5. The summed E-state index contributed by atoms with van der Waals surface area (Å²) in [5.41, 5.74) is 2.76. The van der Waals surface area contributed by atoms with Crippen molar-refractivity contribution in [1.82, 2.24) is 14.5 Å². The van der Waals surface area contributed by atoms with Gasteiger partial charge in [-0.05, 0) is 35.4 Å². The second-order valence-electron chi connectivity index (χ2n) is 6.84. The van der Waals surface area contributed by atoms with Gasteiger partial charge in [-0.2, -0.15) is 0 Å². The zero-order chi connectivity index (χ0) is 21.7. The fourth-order valence-corrected chi connectivity index (χ4v) is 3.41. The Hall–Kier alpha value is -3.32. The third-order valence-corrected chi connectivity index (χ3v) is 4.97. The van der Waals surface area contributed by atoms with Crippen molar-refractivity contribution >= 4 is 46.3 Å². The Balaban J connectivity index is 1.62. The van der Waals surface area contributed by atoms with Crippen LogP contribution in [0.1, 0.15) is 11.1 Å². The number of carbonyl (C=O) groups is 2. The number of aromatic nitrogens is 2. The number of nitrogens with zero attached hydrogens (tertiary/aromatic N) is 3. The van der Waals surface area contributed by atoms with Gasteiger partial charge in [0.15, 0.2) is 0 Å². The van der Waals surface area contributed by atoms with Crippen molar-refractivity contribution in [2.24, 2.45) is 7.05 Å². The zero-order valence-corrected chi connectivity index (χ0v) is 17.8. The first-order valence-corrected chi connectivity index (χ1v) is 9.69. The number of rotatable bonds is 7. The van der Waals surface area contributed by atoms with E-state index in [1.807, 2.05) is 42.1 Å². The van der Waals surface area contributed by atoms with Crippen LogP contribution in [0.15, 0.2) is 48.8 Å². The molecule has 30 heavy (non-hydrogen) atoms. The highest BCUT2D eigenvalue weighted by Gasteiger charge is 2.13. The number of anilines is 1. The van der Waals surface area contributed by atoms with E-state index in [4.69, 9.17) is 11.6 Å². The number of hydrogen-bond acceptors (Lipinski definition) is 5. The number of pyridine rings is 1. The first-order valence-electron chi connectivity index (χ1n) is 9.31. The van der Waals surface area contributed by atoms with Crippen molar-refractivity contribution in [2.75, 3.05) is 26.0 Å². The van der Waals surface area contributed by atoms with Crippen molar-refractivity contribution in [3.63, 3.8) is 0 Å². The maximum absolute atomic E-state index is 12.5. The summed E-state index contributed by atoms with van der Waals surface area (Å²) in [6, 6.07) is 9.31. The van der Waals surface area contributed by atoms with E-state index < -0.39 is 0 Å². The van der Waals surface area contributed by atoms with Gasteiger partial charge in [0.25, 0.3) is 0 Å². The van der Waals surface area contributed by atoms with Crippen LogP contribution in [0.4, 0.5) is 5.82 Å². The number of amides is 1. The van der Waals surface area contributed by atoms with Crippen LogP contribution < -0.4 is 5.32 Å².